The van der Waals surface area contributed by atoms with Gasteiger partial charge < -0.3 is 10.4 Å². The highest BCUT2D eigenvalue weighted by Gasteiger charge is 2.33. The molecule has 1 aromatic carbocycles. The Labute approximate surface area is 72.1 Å². The maximum Gasteiger partial charge on any atom is 0.0402 e. The molecule has 2 heteroatoms. The number of fused-ring (bicyclic) bond motifs is 5. The Morgan fingerprint density at radius 2 is 2.08 bits per heavy atom. The molecular formula is C10H13NO. The molecule has 3 rings (SSSR count). The first kappa shape index (κ1) is 7.62. The van der Waals surface area contributed by atoms with E-state index in [9.17, 15) is 0 Å². The van der Waals surface area contributed by atoms with Crippen LogP contribution in [0.2, 0.25) is 0 Å². The van der Waals surface area contributed by atoms with Crippen molar-refractivity contribution >= 4 is 5.69 Å². The maximum atomic E-state index is 2.50. The molecule has 1 aromatic rings. The van der Waals surface area contributed by atoms with Crippen LogP contribution < -0.4 is 4.90 Å². The average Bonchev–Trinajstić information content (AvgIpc) is 2.64. The van der Waals surface area contributed by atoms with Crippen molar-refractivity contribution in [2.75, 3.05) is 18.0 Å². The summed E-state index contributed by atoms with van der Waals surface area (Å²) in [7, 11) is 0. The summed E-state index contributed by atoms with van der Waals surface area (Å²) < 4.78 is 0. The zero-order chi connectivity index (χ0) is 7.26. The lowest BCUT2D eigenvalue weighted by Gasteiger charge is -2.17. The van der Waals surface area contributed by atoms with Crippen molar-refractivity contribution in [3.8, 4) is 0 Å². The van der Waals surface area contributed by atoms with Gasteiger partial charge in [0.25, 0.3) is 0 Å². The van der Waals surface area contributed by atoms with Gasteiger partial charge in [-0.3, -0.25) is 0 Å². The lowest BCUT2D eigenvalue weighted by molar-refractivity contribution is 0.788. The molecule has 1 unspecified atom stereocenters. The summed E-state index contributed by atoms with van der Waals surface area (Å²) in [6.45, 7) is 2.56. The molecule has 2 bridgehead atoms. The summed E-state index contributed by atoms with van der Waals surface area (Å²) in [4.78, 5) is 2.50. The van der Waals surface area contributed by atoms with Crippen LogP contribution >= 0.6 is 0 Å². The predicted molar refractivity (Wildman–Crippen MR) is 49.6 cm³/mol. The Balaban J connectivity index is 0.000000563. The molecule has 1 atom stereocenters. The van der Waals surface area contributed by atoms with Gasteiger partial charge in [-0.15, -0.1) is 0 Å². The van der Waals surface area contributed by atoms with E-state index in [0.29, 0.717) is 0 Å². The third-order valence-electron chi connectivity index (χ3n) is 2.91. The predicted octanol–water partition coefficient (Wildman–Crippen LogP) is 1.17. The summed E-state index contributed by atoms with van der Waals surface area (Å²) in [6, 6.07) is 8.81. The Bertz CT molecular complexity index is 269. The topological polar surface area (TPSA) is 34.7 Å². The van der Waals surface area contributed by atoms with Crippen molar-refractivity contribution < 1.29 is 5.48 Å². The van der Waals surface area contributed by atoms with Crippen molar-refractivity contribution in [2.45, 2.75) is 12.3 Å². The molecule has 1 fully saturated rings. The zero-order valence-corrected chi connectivity index (χ0v) is 6.96. The van der Waals surface area contributed by atoms with Gasteiger partial charge in [-0.05, 0) is 18.1 Å². The van der Waals surface area contributed by atoms with Gasteiger partial charge >= 0.3 is 0 Å². The van der Waals surface area contributed by atoms with Crippen LogP contribution in [0.3, 0.4) is 0 Å². The Kier molecular flexibility index (Phi) is 1.58. The highest BCUT2D eigenvalue weighted by molar-refractivity contribution is 5.62. The number of hydrogen-bond acceptors (Lipinski definition) is 1. The first-order chi connectivity index (χ1) is 5.45. The van der Waals surface area contributed by atoms with Gasteiger partial charge in [-0.1, -0.05) is 18.2 Å². The number of anilines is 1. The maximum absolute atomic E-state index is 2.50. The van der Waals surface area contributed by atoms with E-state index in [-0.39, 0.29) is 5.48 Å². The van der Waals surface area contributed by atoms with Gasteiger partial charge in [0.2, 0.25) is 0 Å². The van der Waals surface area contributed by atoms with Crippen LogP contribution in [0.4, 0.5) is 5.69 Å². The van der Waals surface area contributed by atoms with Crippen molar-refractivity contribution in [1.29, 1.82) is 0 Å². The van der Waals surface area contributed by atoms with Gasteiger partial charge in [0.1, 0.15) is 0 Å². The molecule has 0 aliphatic carbocycles. The quantitative estimate of drug-likeness (QED) is 0.565. The van der Waals surface area contributed by atoms with Crippen molar-refractivity contribution in [2.24, 2.45) is 0 Å². The molecule has 2 nitrogen and oxygen atoms in total. The summed E-state index contributed by atoms with van der Waals surface area (Å²) in [5.41, 5.74) is 3.07. The van der Waals surface area contributed by atoms with Crippen molar-refractivity contribution in [1.82, 2.24) is 0 Å². The number of rotatable bonds is 0. The van der Waals surface area contributed by atoms with Crippen molar-refractivity contribution in [3.05, 3.63) is 29.8 Å². The fourth-order valence-corrected chi connectivity index (χ4v) is 2.35. The number of benzene rings is 1. The molecule has 0 amide bonds. The van der Waals surface area contributed by atoms with Gasteiger partial charge in [-0.2, -0.15) is 0 Å². The van der Waals surface area contributed by atoms with Gasteiger partial charge in [0.05, 0.1) is 0 Å². The Morgan fingerprint density at radius 3 is 2.92 bits per heavy atom. The van der Waals surface area contributed by atoms with Gasteiger partial charge in [0.15, 0.2) is 0 Å². The lowest BCUT2D eigenvalue weighted by Crippen LogP contribution is -2.15. The van der Waals surface area contributed by atoms with Gasteiger partial charge in [-0.25, -0.2) is 0 Å². The normalized spacial score (nSPS) is 23.7. The first-order valence-corrected chi connectivity index (χ1v) is 4.29. The minimum atomic E-state index is 0. The van der Waals surface area contributed by atoms with E-state index in [4.69, 9.17) is 0 Å². The molecule has 0 radical (unpaired) electrons. The van der Waals surface area contributed by atoms with E-state index in [1.54, 1.807) is 5.56 Å². The fraction of sp³-hybridized carbons (Fsp3) is 0.400. The standard InChI is InChI=1S/C10H11N.H2O/c1-2-4-10-9(3-1)8-5-6-11(10)7-8;/h1-4,8H,5-7H2;1H2. The van der Waals surface area contributed by atoms with E-state index >= 15 is 0 Å². The highest BCUT2D eigenvalue weighted by atomic mass is 16.0. The number of nitrogens with zero attached hydrogens (tertiary/aromatic N) is 1. The molecule has 2 heterocycles. The molecule has 1 saturated heterocycles. The molecule has 0 spiro atoms. The lowest BCUT2D eigenvalue weighted by atomic mass is 9.98. The zero-order valence-electron chi connectivity index (χ0n) is 6.96. The minimum Gasteiger partial charge on any atom is -0.412 e. The second-order valence-corrected chi connectivity index (χ2v) is 3.49. The number of hydrogen-bond donors (Lipinski definition) is 0. The largest absolute Gasteiger partial charge is 0.412 e. The molecule has 0 saturated carbocycles. The molecule has 0 aromatic heterocycles. The second-order valence-electron chi connectivity index (χ2n) is 3.49. The van der Waals surface area contributed by atoms with Crippen LogP contribution in [0.15, 0.2) is 24.3 Å². The summed E-state index contributed by atoms with van der Waals surface area (Å²) in [5, 5.41) is 0. The van der Waals surface area contributed by atoms with Crippen LogP contribution in [0, 0.1) is 0 Å². The molecule has 2 aliphatic rings. The molecule has 12 heavy (non-hydrogen) atoms. The van der Waals surface area contributed by atoms with E-state index in [1.165, 1.54) is 25.2 Å². The van der Waals surface area contributed by atoms with Crippen LogP contribution in [-0.2, 0) is 0 Å². The van der Waals surface area contributed by atoms with Gasteiger partial charge in [0, 0.05) is 24.7 Å². The second kappa shape index (κ2) is 2.49. The molecule has 2 N–H and O–H groups in total. The number of para-hydroxylation sites is 1. The summed E-state index contributed by atoms with van der Waals surface area (Å²) in [5.74, 6) is 0.853. The van der Waals surface area contributed by atoms with E-state index in [0.717, 1.165) is 5.92 Å². The van der Waals surface area contributed by atoms with Crippen molar-refractivity contribution in [3.63, 3.8) is 0 Å². The smallest absolute Gasteiger partial charge is 0.0402 e. The SMILES string of the molecule is O.c1ccc2c(c1)C1CCN2C1. The van der Waals surface area contributed by atoms with Crippen LogP contribution in [-0.4, -0.2) is 18.6 Å². The summed E-state index contributed by atoms with van der Waals surface area (Å²) >= 11 is 0. The van der Waals surface area contributed by atoms with E-state index < -0.39 is 0 Å². The minimum absolute atomic E-state index is 0. The summed E-state index contributed by atoms with van der Waals surface area (Å²) in [6.07, 6.45) is 1.37. The monoisotopic (exact) mass is 163 g/mol. The Hall–Kier alpha value is -1.02. The molecule has 64 valence electrons. The molecular weight excluding hydrogens is 150 g/mol. The third-order valence-corrected chi connectivity index (χ3v) is 2.91. The third kappa shape index (κ3) is 0.786. The highest BCUT2D eigenvalue weighted by Crippen LogP contribution is 2.42. The molecule has 2 aliphatic heterocycles. The van der Waals surface area contributed by atoms with Crippen LogP contribution in [0.1, 0.15) is 17.9 Å². The van der Waals surface area contributed by atoms with E-state index in [1.807, 2.05) is 0 Å². The fourth-order valence-electron chi connectivity index (χ4n) is 2.35. The van der Waals surface area contributed by atoms with E-state index in [2.05, 4.69) is 29.2 Å². The average molecular weight is 163 g/mol. The van der Waals surface area contributed by atoms with Crippen LogP contribution in [0.25, 0.3) is 0 Å². The Morgan fingerprint density at radius 1 is 1.25 bits per heavy atom. The van der Waals surface area contributed by atoms with Crippen LogP contribution in [0.5, 0.6) is 0 Å². The first-order valence-electron chi connectivity index (χ1n) is 4.29.